The molecular weight excluding hydrogens is 342 g/mol. The van der Waals surface area contributed by atoms with Crippen molar-refractivity contribution in [1.82, 2.24) is 10.4 Å². The molecule has 6 heteroatoms. The van der Waals surface area contributed by atoms with Crippen molar-refractivity contribution in [3.63, 3.8) is 0 Å². The second-order valence-corrected chi connectivity index (χ2v) is 8.72. The molecule has 0 radical (unpaired) electrons. The van der Waals surface area contributed by atoms with Crippen LogP contribution in [-0.2, 0) is 11.8 Å². The minimum Gasteiger partial charge on any atom is -0.271 e. The highest BCUT2D eigenvalue weighted by atomic mass is 79.9. The highest BCUT2D eigenvalue weighted by Gasteiger charge is 2.19. The molecule has 2 heterocycles. The van der Waals surface area contributed by atoms with Gasteiger partial charge in [0, 0.05) is 17.2 Å². The van der Waals surface area contributed by atoms with Crippen molar-refractivity contribution in [1.29, 1.82) is 0 Å². The number of nitrogens with two attached hydrogens (primary N) is 1. The summed E-state index contributed by atoms with van der Waals surface area (Å²) in [4.78, 5) is 4.72. The SMILES string of the molecule is CC(C)(C)c1csc(CC(NN)c2csc(Br)c2)n1. The summed E-state index contributed by atoms with van der Waals surface area (Å²) < 4.78 is 1.12. The predicted octanol–water partition coefficient (Wildman–Crippen LogP) is 4.01. The maximum absolute atomic E-state index is 5.67. The second kappa shape index (κ2) is 6.01. The Hall–Kier alpha value is -0.270. The smallest absolute Gasteiger partial charge is 0.0948 e. The lowest BCUT2D eigenvalue weighted by Crippen LogP contribution is -2.29. The highest BCUT2D eigenvalue weighted by Crippen LogP contribution is 2.29. The van der Waals surface area contributed by atoms with Crippen molar-refractivity contribution >= 4 is 38.6 Å². The first-order chi connectivity index (χ1) is 8.90. The van der Waals surface area contributed by atoms with Crippen LogP contribution in [0.25, 0.3) is 0 Å². The molecule has 1 atom stereocenters. The first-order valence-corrected chi connectivity index (χ1v) is 8.60. The fourth-order valence-corrected chi connectivity index (χ4v) is 4.00. The van der Waals surface area contributed by atoms with E-state index in [9.17, 15) is 0 Å². The zero-order valence-corrected chi connectivity index (χ0v) is 14.5. The van der Waals surface area contributed by atoms with Crippen LogP contribution in [-0.4, -0.2) is 4.98 Å². The number of rotatable bonds is 4. The number of hydrazine groups is 1. The van der Waals surface area contributed by atoms with Crippen LogP contribution in [0.15, 0.2) is 20.6 Å². The Labute approximate surface area is 130 Å². The Morgan fingerprint density at radius 3 is 2.58 bits per heavy atom. The van der Waals surface area contributed by atoms with Crippen LogP contribution in [0, 0.1) is 0 Å². The van der Waals surface area contributed by atoms with Crippen LogP contribution < -0.4 is 11.3 Å². The monoisotopic (exact) mass is 359 g/mol. The largest absolute Gasteiger partial charge is 0.271 e. The first-order valence-electron chi connectivity index (χ1n) is 6.05. The van der Waals surface area contributed by atoms with E-state index in [0.717, 1.165) is 20.9 Å². The molecule has 0 bridgehead atoms. The van der Waals surface area contributed by atoms with Gasteiger partial charge in [-0.25, -0.2) is 4.98 Å². The summed E-state index contributed by atoms with van der Waals surface area (Å²) in [5, 5.41) is 5.38. The third-order valence-corrected chi connectivity index (χ3v) is 5.28. The average Bonchev–Trinajstić information content (AvgIpc) is 2.94. The molecule has 0 aliphatic rings. The molecule has 1 unspecified atom stereocenters. The van der Waals surface area contributed by atoms with E-state index in [0.29, 0.717) is 0 Å². The lowest BCUT2D eigenvalue weighted by Gasteiger charge is -2.15. The van der Waals surface area contributed by atoms with Gasteiger partial charge >= 0.3 is 0 Å². The molecule has 104 valence electrons. The average molecular weight is 360 g/mol. The van der Waals surface area contributed by atoms with Crippen LogP contribution in [0.4, 0.5) is 0 Å². The van der Waals surface area contributed by atoms with Crippen LogP contribution in [0.3, 0.4) is 0 Å². The van der Waals surface area contributed by atoms with E-state index in [4.69, 9.17) is 10.8 Å². The van der Waals surface area contributed by atoms with Gasteiger partial charge in [0.05, 0.1) is 20.5 Å². The van der Waals surface area contributed by atoms with Crippen molar-refractivity contribution in [2.45, 2.75) is 38.6 Å². The van der Waals surface area contributed by atoms with Gasteiger partial charge in [0.1, 0.15) is 0 Å². The molecule has 3 nitrogen and oxygen atoms in total. The molecule has 0 amide bonds. The Bertz CT molecular complexity index is 542. The summed E-state index contributed by atoms with van der Waals surface area (Å²) in [6.45, 7) is 6.54. The summed E-state index contributed by atoms with van der Waals surface area (Å²) in [5.41, 5.74) is 5.33. The summed E-state index contributed by atoms with van der Waals surface area (Å²) in [6.07, 6.45) is 0.820. The normalized spacial score (nSPS) is 13.7. The Balaban J connectivity index is 2.13. The number of nitrogens with zero attached hydrogens (tertiary/aromatic N) is 1. The van der Waals surface area contributed by atoms with Crippen molar-refractivity contribution in [3.05, 3.63) is 36.9 Å². The maximum Gasteiger partial charge on any atom is 0.0948 e. The summed E-state index contributed by atoms with van der Waals surface area (Å²) in [5.74, 6) is 5.67. The standard InChI is InChI=1S/C13H18BrN3S2/c1-13(2,3)10-7-19-12(16-10)5-9(17-15)8-4-11(14)18-6-8/h4,6-7,9,17H,5,15H2,1-3H3. The number of thiazole rings is 1. The molecule has 3 N–H and O–H groups in total. The third kappa shape index (κ3) is 3.86. The van der Waals surface area contributed by atoms with Gasteiger partial charge < -0.3 is 0 Å². The zero-order valence-electron chi connectivity index (χ0n) is 11.2. The molecule has 0 aliphatic carbocycles. The number of halogens is 1. The maximum atomic E-state index is 5.67. The molecule has 0 fully saturated rings. The summed E-state index contributed by atoms with van der Waals surface area (Å²) in [7, 11) is 0. The molecule has 2 rings (SSSR count). The second-order valence-electron chi connectivity index (χ2n) is 5.48. The molecule has 0 aliphatic heterocycles. The lowest BCUT2D eigenvalue weighted by atomic mass is 9.93. The number of hydrogen-bond acceptors (Lipinski definition) is 5. The van der Waals surface area contributed by atoms with E-state index in [1.165, 1.54) is 5.56 Å². The molecule has 0 saturated heterocycles. The van der Waals surface area contributed by atoms with Crippen LogP contribution >= 0.6 is 38.6 Å². The molecule has 0 saturated carbocycles. The minimum atomic E-state index is 0.103. The van der Waals surface area contributed by atoms with Crippen LogP contribution in [0.2, 0.25) is 0 Å². The Morgan fingerprint density at radius 2 is 2.11 bits per heavy atom. The molecule has 2 aromatic rings. The lowest BCUT2D eigenvalue weighted by molar-refractivity contribution is 0.542. The molecule has 2 aromatic heterocycles. The van der Waals surface area contributed by atoms with Crippen molar-refractivity contribution in [2.75, 3.05) is 0 Å². The van der Waals surface area contributed by atoms with Gasteiger partial charge in [0.15, 0.2) is 0 Å². The fraction of sp³-hybridized carbons (Fsp3) is 0.462. The van der Waals surface area contributed by atoms with Crippen molar-refractivity contribution < 1.29 is 0 Å². The van der Waals surface area contributed by atoms with Gasteiger partial charge in [-0.2, -0.15) is 0 Å². The molecular formula is C13H18BrN3S2. The topological polar surface area (TPSA) is 50.9 Å². The number of hydrogen-bond donors (Lipinski definition) is 2. The van der Waals surface area contributed by atoms with Gasteiger partial charge in [-0.1, -0.05) is 20.8 Å². The Kier molecular flexibility index (Phi) is 4.79. The number of thiophene rings is 1. The van der Waals surface area contributed by atoms with Gasteiger partial charge in [-0.05, 0) is 32.9 Å². The van der Waals surface area contributed by atoms with E-state index >= 15 is 0 Å². The quantitative estimate of drug-likeness (QED) is 0.640. The van der Waals surface area contributed by atoms with Gasteiger partial charge in [0.25, 0.3) is 0 Å². The molecule has 0 aromatic carbocycles. The van der Waals surface area contributed by atoms with E-state index in [1.807, 2.05) is 0 Å². The van der Waals surface area contributed by atoms with Crippen molar-refractivity contribution in [3.8, 4) is 0 Å². The van der Waals surface area contributed by atoms with E-state index in [-0.39, 0.29) is 11.5 Å². The number of aromatic nitrogens is 1. The van der Waals surface area contributed by atoms with Gasteiger partial charge in [-0.15, -0.1) is 22.7 Å². The first kappa shape index (κ1) is 15.1. The zero-order chi connectivity index (χ0) is 14.0. The number of nitrogens with one attached hydrogen (secondary N) is 1. The molecule has 0 spiro atoms. The van der Waals surface area contributed by atoms with Crippen LogP contribution in [0.1, 0.15) is 43.1 Å². The van der Waals surface area contributed by atoms with E-state index in [1.54, 1.807) is 22.7 Å². The molecule has 19 heavy (non-hydrogen) atoms. The van der Waals surface area contributed by atoms with E-state index < -0.39 is 0 Å². The highest BCUT2D eigenvalue weighted by molar-refractivity contribution is 9.11. The predicted molar refractivity (Wildman–Crippen MR) is 86.6 cm³/mol. The van der Waals surface area contributed by atoms with Crippen molar-refractivity contribution in [2.24, 2.45) is 5.84 Å². The van der Waals surface area contributed by atoms with E-state index in [2.05, 4.69) is 59.0 Å². The fourth-order valence-electron chi connectivity index (χ4n) is 1.70. The third-order valence-electron chi connectivity index (χ3n) is 2.89. The Morgan fingerprint density at radius 1 is 1.37 bits per heavy atom. The summed E-state index contributed by atoms with van der Waals surface area (Å²) in [6, 6.07) is 2.22. The van der Waals surface area contributed by atoms with Crippen LogP contribution in [0.5, 0.6) is 0 Å². The van der Waals surface area contributed by atoms with Gasteiger partial charge in [0.2, 0.25) is 0 Å². The minimum absolute atomic E-state index is 0.103. The van der Waals surface area contributed by atoms with Gasteiger partial charge in [-0.3, -0.25) is 11.3 Å². The summed E-state index contributed by atoms with van der Waals surface area (Å²) >= 11 is 6.86.